The number of ether oxygens (including phenoxy) is 1. The molecule has 1 aromatic carbocycles. The van der Waals surface area contributed by atoms with Crippen LogP contribution in [0.1, 0.15) is 6.92 Å². The quantitative estimate of drug-likeness (QED) is 0.879. The largest absolute Gasteiger partial charge is 0.573 e. The highest BCUT2D eigenvalue weighted by atomic mass is 35.5. The van der Waals surface area contributed by atoms with Crippen LogP contribution in [0.5, 0.6) is 5.75 Å². The van der Waals surface area contributed by atoms with E-state index in [9.17, 15) is 18.0 Å². The molecule has 0 aromatic heterocycles. The molecule has 0 heterocycles. The average molecular weight is 254 g/mol. The maximum absolute atomic E-state index is 11.9. The van der Waals surface area contributed by atoms with Gasteiger partial charge in [-0.25, -0.2) is 0 Å². The normalized spacial score (nSPS) is 11.1. The second-order valence-electron chi connectivity index (χ2n) is 2.87. The molecule has 0 spiro atoms. The Morgan fingerprint density at radius 3 is 2.56 bits per heavy atom. The Labute approximate surface area is 94.2 Å². The lowest BCUT2D eigenvalue weighted by Gasteiger charge is -2.11. The summed E-state index contributed by atoms with van der Waals surface area (Å²) in [6, 6.07) is 3.57. The van der Waals surface area contributed by atoms with Crippen molar-refractivity contribution < 1.29 is 22.7 Å². The summed E-state index contributed by atoms with van der Waals surface area (Å²) in [5, 5.41) is 2.12. The van der Waals surface area contributed by atoms with Gasteiger partial charge in [-0.1, -0.05) is 11.6 Å². The van der Waals surface area contributed by atoms with E-state index in [4.69, 9.17) is 11.6 Å². The van der Waals surface area contributed by atoms with Crippen LogP contribution in [0.3, 0.4) is 0 Å². The maximum atomic E-state index is 11.9. The van der Waals surface area contributed by atoms with E-state index in [1.54, 1.807) is 0 Å². The van der Waals surface area contributed by atoms with Crippen molar-refractivity contribution in [1.29, 1.82) is 0 Å². The fourth-order valence-electron chi connectivity index (χ4n) is 0.987. The van der Waals surface area contributed by atoms with Gasteiger partial charge in [-0.15, -0.1) is 13.2 Å². The van der Waals surface area contributed by atoms with Crippen LogP contribution in [0, 0.1) is 0 Å². The highest BCUT2D eigenvalue weighted by Crippen LogP contribution is 2.32. The van der Waals surface area contributed by atoms with Crippen molar-refractivity contribution in [2.24, 2.45) is 0 Å². The molecule has 0 bridgehead atoms. The van der Waals surface area contributed by atoms with E-state index in [1.807, 2.05) is 0 Å². The molecule has 0 fully saturated rings. The summed E-state index contributed by atoms with van der Waals surface area (Å²) in [7, 11) is 0. The van der Waals surface area contributed by atoms with Crippen molar-refractivity contribution in [1.82, 2.24) is 0 Å². The zero-order valence-electron chi connectivity index (χ0n) is 8.06. The summed E-state index contributed by atoms with van der Waals surface area (Å²) in [5.41, 5.74) is 0.177. The van der Waals surface area contributed by atoms with Crippen LogP contribution in [0.15, 0.2) is 18.2 Å². The number of rotatable bonds is 2. The fourth-order valence-corrected chi connectivity index (χ4v) is 1.14. The van der Waals surface area contributed by atoms with Gasteiger partial charge in [-0.05, 0) is 12.1 Å². The molecule has 3 nitrogen and oxygen atoms in total. The number of amides is 1. The number of benzene rings is 1. The second kappa shape index (κ2) is 4.61. The Morgan fingerprint density at radius 1 is 1.44 bits per heavy atom. The van der Waals surface area contributed by atoms with Crippen LogP contribution in [0.4, 0.5) is 18.9 Å². The van der Waals surface area contributed by atoms with Gasteiger partial charge in [0.2, 0.25) is 5.91 Å². The third-order valence-electron chi connectivity index (χ3n) is 1.48. The molecule has 0 aliphatic heterocycles. The van der Waals surface area contributed by atoms with Crippen LogP contribution in [0.25, 0.3) is 0 Å². The summed E-state index contributed by atoms with van der Waals surface area (Å²) in [4.78, 5) is 10.7. The molecule has 0 aliphatic rings. The summed E-state index contributed by atoms with van der Waals surface area (Å²) in [6.07, 6.45) is -4.82. The third-order valence-corrected chi connectivity index (χ3v) is 1.79. The van der Waals surface area contributed by atoms with Gasteiger partial charge in [0.25, 0.3) is 0 Å². The van der Waals surface area contributed by atoms with Gasteiger partial charge in [0, 0.05) is 18.7 Å². The average Bonchev–Trinajstić information content (AvgIpc) is 2.07. The number of hydrogen-bond donors (Lipinski definition) is 1. The van der Waals surface area contributed by atoms with Crippen LogP contribution in [0.2, 0.25) is 5.02 Å². The first kappa shape index (κ1) is 12.6. The Bertz CT molecular complexity index is 406. The molecule has 0 radical (unpaired) electrons. The highest BCUT2D eigenvalue weighted by molar-refractivity contribution is 6.32. The van der Waals surface area contributed by atoms with Crippen molar-refractivity contribution in [3.63, 3.8) is 0 Å². The molecule has 16 heavy (non-hydrogen) atoms. The zero-order chi connectivity index (χ0) is 12.3. The Hall–Kier alpha value is -1.43. The zero-order valence-corrected chi connectivity index (χ0v) is 8.82. The molecule has 0 saturated carbocycles. The van der Waals surface area contributed by atoms with Crippen molar-refractivity contribution in [3.8, 4) is 5.75 Å². The van der Waals surface area contributed by atoms with Crippen molar-refractivity contribution >= 4 is 23.2 Å². The van der Waals surface area contributed by atoms with Gasteiger partial charge in [-0.2, -0.15) is 0 Å². The maximum Gasteiger partial charge on any atom is 0.573 e. The summed E-state index contributed by atoms with van der Waals surface area (Å²) in [6.45, 7) is 1.24. The van der Waals surface area contributed by atoms with Gasteiger partial charge in [0.05, 0.1) is 5.02 Å². The van der Waals surface area contributed by atoms with Crippen molar-refractivity contribution in [3.05, 3.63) is 23.2 Å². The monoisotopic (exact) mass is 253 g/mol. The summed E-state index contributed by atoms with van der Waals surface area (Å²) >= 11 is 5.50. The molecular weight excluding hydrogens is 247 g/mol. The standard InChI is InChI=1S/C9H7ClF3NO2/c1-5(15)14-6-2-3-7(10)8(4-6)16-9(11,12)13/h2-4H,1H3,(H,14,15). The first-order valence-electron chi connectivity index (χ1n) is 4.11. The molecule has 1 N–H and O–H groups in total. The molecule has 0 atom stereocenters. The van der Waals surface area contributed by atoms with Gasteiger partial charge >= 0.3 is 6.36 Å². The van der Waals surface area contributed by atoms with E-state index in [1.165, 1.54) is 19.1 Å². The number of anilines is 1. The molecule has 1 aromatic rings. The minimum Gasteiger partial charge on any atom is -0.404 e. The Kier molecular flexibility index (Phi) is 3.64. The van der Waals surface area contributed by atoms with E-state index in [2.05, 4.69) is 10.1 Å². The number of alkyl halides is 3. The van der Waals surface area contributed by atoms with Crippen LogP contribution in [-0.4, -0.2) is 12.3 Å². The van der Waals surface area contributed by atoms with Crippen LogP contribution < -0.4 is 10.1 Å². The van der Waals surface area contributed by atoms with E-state index >= 15 is 0 Å². The van der Waals surface area contributed by atoms with E-state index in [0.29, 0.717) is 0 Å². The number of carbonyl (C=O) groups excluding carboxylic acids is 1. The SMILES string of the molecule is CC(=O)Nc1ccc(Cl)c(OC(F)(F)F)c1. The third kappa shape index (κ3) is 3.98. The van der Waals surface area contributed by atoms with Gasteiger partial charge < -0.3 is 10.1 Å². The number of halogens is 4. The summed E-state index contributed by atoms with van der Waals surface area (Å²) in [5.74, 6) is -0.958. The predicted molar refractivity (Wildman–Crippen MR) is 52.4 cm³/mol. The lowest BCUT2D eigenvalue weighted by Crippen LogP contribution is -2.17. The topological polar surface area (TPSA) is 38.3 Å². The van der Waals surface area contributed by atoms with Crippen LogP contribution >= 0.6 is 11.6 Å². The van der Waals surface area contributed by atoms with Gasteiger partial charge in [0.15, 0.2) is 0 Å². The summed E-state index contributed by atoms with van der Waals surface area (Å²) < 4.78 is 39.5. The van der Waals surface area contributed by atoms with E-state index < -0.39 is 18.0 Å². The molecule has 0 unspecified atom stereocenters. The minimum atomic E-state index is -4.82. The van der Waals surface area contributed by atoms with Gasteiger partial charge in [-0.3, -0.25) is 4.79 Å². The van der Waals surface area contributed by atoms with Gasteiger partial charge in [0.1, 0.15) is 5.75 Å². The van der Waals surface area contributed by atoms with Crippen LogP contribution in [-0.2, 0) is 4.79 Å². The number of hydrogen-bond acceptors (Lipinski definition) is 2. The highest BCUT2D eigenvalue weighted by Gasteiger charge is 2.32. The molecule has 0 saturated heterocycles. The van der Waals surface area contributed by atoms with E-state index in [0.717, 1.165) is 6.07 Å². The molecule has 1 rings (SSSR count). The first-order valence-corrected chi connectivity index (χ1v) is 4.48. The molecular formula is C9H7ClF3NO2. The fraction of sp³-hybridized carbons (Fsp3) is 0.222. The molecule has 0 aliphatic carbocycles. The minimum absolute atomic E-state index is 0.177. The predicted octanol–water partition coefficient (Wildman–Crippen LogP) is 3.20. The lowest BCUT2D eigenvalue weighted by atomic mass is 10.3. The molecule has 88 valence electrons. The molecule has 7 heteroatoms. The number of nitrogens with one attached hydrogen (secondary N) is 1. The smallest absolute Gasteiger partial charge is 0.404 e. The first-order chi connectivity index (χ1) is 7.28. The Morgan fingerprint density at radius 2 is 2.06 bits per heavy atom. The van der Waals surface area contributed by atoms with Crippen molar-refractivity contribution in [2.45, 2.75) is 13.3 Å². The number of carbonyl (C=O) groups is 1. The van der Waals surface area contributed by atoms with Crippen molar-refractivity contribution in [2.75, 3.05) is 5.32 Å². The lowest BCUT2D eigenvalue weighted by molar-refractivity contribution is -0.274. The molecule has 1 amide bonds. The Balaban J connectivity index is 2.95. The second-order valence-corrected chi connectivity index (χ2v) is 3.28. The van der Waals surface area contributed by atoms with E-state index in [-0.39, 0.29) is 10.7 Å².